The number of benzene rings is 2. The molecule has 2 aliphatic carbocycles. The van der Waals surface area contributed by atoms with Gasteiger partial charge in [-0.25, -0.2) is 12.8 Å². The van der Waals surface area contributed by atoms with E-state index in [9.17, 15) is 30.8 Å². The number of alkyl halides is 3. The van der Waals surface area contributed by atoms with Gasteiger partial charge in [0.25, 0.3) is 0 Å². The summed E-state index contributed by atoms with van der Waals surface area (Å²) in [6, 6.07) is 14.4. The minimum Gasteiger partial charge on any atom is -0.331 e. The summed E-state index contributed by atoms with van der Waals surface area (Å²) in [5.41, 5.74) is 0.960. The molecule has 10 heteroatoms. The number of carbonyl (C=O) groups excluding carboxylic acids is 1. The van der Waals surface area contributed by atoms with Crippen molar-refractivity contribution in [1.82, 2.24) is 9.88 Å². The van der Waals surface area contributed by atoms with Crippen molar-refractivity contribution in [3.8, 4) is 0 Å². The second-order valence-corrected chi connectivity index (χ2v) is 12.6. The summed E-state index contributed by atoms with van der Waals surface area (Å²) in [7, 11) is -3.49. The quantitative estimate of drug-likeness (QED) is 0.288. The molecule has 0 bridgehead atoms. The fraction of sp³-hybridized carbons (Fsp3) is 0.379. The Balaban J connectivity index is 1.50. The van der Waals surface area contributed by atoms with Crippen LogP contribution in [0.5, 0.6) is 0 Å². The van der Waals surface area contributed by atoms with Crippen LogP contribution in [0.4, 0.5) is 17.6 Å². The number of hydrogen-bond donors (Lipinski definition) is 0. The van der Waals surface area contributed by atoms with Gasteiger partial charge in [0.15, 0.2) is 9.84 Å². The Labute approximate surface area is 224 Å². The zero-order valence-electron chi connectivity index (χ0n) is 21.2. The van der Waals surface area contributed by atoms with Gasteiger partial charge >= 0.3 is 6.18 Å². The Kier molecular flexibility index (Phi) is 7.26. The molecule has 1 aromatic heterocycles. The van der Waals surface area contributed by atoms with Crippen molar-refractivity contribution in [2.24, 2.45) is 11.8 Å². The number of amides is 1. The Morgan fingerprint density at radius 3 is 2.38 bits per heavy atom. The van der Waals surface area contributed by atoms with Crippen LogP contribution < -0.4 is 0 Å². The zero-order chi connectivity index (χ0) is 27.9. The molecule has 3 aromatic rings. The highest BCUT2D eigenvalue weighted by Gasteiger charge is 2.49. The number of nitrogens with zero attached hydrogens (tertiary/aromatic N) is 2. The highest BCUT2D eigenvalue weighted by Crippen LogP contribution is 2.52. The molecule has 2 saturated carbocycles. The van der Waals surface area contributed by atoms with Crippen LogP contribution in [0, 0.1) is 17.7 Å². The van der Waals surface area contributed by atoms with Gasteiger partial charge < -0.3 is 4.90 Å². The van der Waals surface area contributed by atoms with Crippen molar-refractivity contribution in [2.45, 2.75) is 55.8 Å². The first-order valence-corrected chi connectivity index (χ1v) is 14.5. The van der Waals surface area contributed by atoms with Crippen molar-refractivity contribution >= 4 is 15.7 Å². The summed E-state index contributed by atoms with van der Waals surface area (Å²) < 4.78 is 77.9. The lowest BCUT2D eigenvalue weighted by atomic mass is 9.98. The number of aromatic nitrogens is 1. The summed E-state index contributed by atoms with van der Waals surface area (Å²) in [5, 5.41) is 0. The lowest BCUT2D eigenvalue weighted by molar-refractivity contribution is -0.141. The van der Waals surface area contributed by atoms with Crippen LogP contribution in [0.25, 0.3) is 0 Å². The monoisotopic (exact) mass is 560 g/mol. The predicted octanol–water partition coefficient (Wildman–Crippen LogP) is 6.32. The van der Waals surface area contributed by atoms with Crippen LogP contribution in [0.1, 0.15) is 60.5 Å². The molecule has 0 aliphatic heterocycles. The largest absolute Gasteiger partial charge is 0.433 e. The molecule has 0 unspecified atom stereocenters. The highest BCUT2D eigenvalue weighted by atomic mass is 32.2. The third kappa shape index (κ3) is 6.00. The molecule has 206 valence electrons. The summed E-state index contributed by atoms with van der Waals surface area (Å²) in [6.07, 6.45) is -1.18. The highest BCUT2D eigenvalue weighted by molar-refractivity contribution is 7.91. The molecule has 0 saturated heterocycles. The summed E-state index contributed by atoms with van der Waals surface area (Å²) in [5.74, 6) is -0.941. The van der Waals surface area contributed by atoms with Gasteiger partial charge in [0.1, 0.15) is 11.5 Å². The molecule has 2 aromatic carbocycles. The Morgan fingerprint density at radius 1 is 1.08 bits per heavy atom. The first-order valence-electron chi connectivity index (χ1n) is 12.9. The Bertz CT molecular complexity index is 1450. The van der Waals surface area contributed by atoms with Gasteiger partial charge in [0.2, 0.25) is 5.91 Å². The normalized spacial score (nSPS) is 19.9. The van der Waals surface area contributed by atoms with Crippen molar-refractivity contribution in [1.29, 1.82) is 0 Å². The molecule has 0 N–H and O–H groups in total. The molecule has 3 atom stereocenters. The van der Waals surface area contributed by atoms with E-state index in [1.165, 1.54) is 24.3 Å². The van der Waals surface area contributed by atoms with E-state index in [1.807, 2.05) is 0 Å². The second kappa shape index (κ2) is 10.4. The van der Waals surface area contributed by atoms with E-state index in [4.69, 9.17) is 0 Å². The maximum absolute atomic E-state index is 14.0. The minimum atomic E-state index is -4.58. The van der Waals surface area contributed by atoms with Crippen LogP contribution >= 0.6 is 0 Å². The average molecular weight is 561 g/mol. The van der Waals surface area contributed by atoms with E-state index in [2.05, 4.69) is 4.98 Å². The summed E-state index contributed by atoms with van der Waals surface area (Å²) in [6.45, 7) is 1.60. The molecule has 5 nitrogen and oxygen atoms in total. The molecular weight excluding hydrogens is 532 g/mol. The third-order valence-corrected chi connectivity index (χ3v) is 9.23. The lowest BCUT2D eigenvalue weighted by Crippen LogP contribution is -2.37. The van der Waals surface area contributed by atoms with Crippen LogP contribution in [0.2, 0.25) is 0 Å². The van der Waals surface area contributed by atoms with E-state index in [0.717, 1.165) is 30.7 Å². The van der Waals surface area contributed by atoms with E-state index in [1.54, 1.807) is 42.2 Å². The maximum atomic E-state index is 14.0. The van der Waals surface area contributed by atoms with Gasteiger partial charge in [-0.3, -0.25) is 9.78 Å². The van der Waals surface area contributed by atoms with E-state index >= 15 is 0 Å². The number of pyridine rings is 1. The molecule has 1 heterocycles. The zero-order valence-corrected chi connectivity index (χ0v) is 22.1. The first-order chi connectivity index (χ1) is 18.5. The molecule has 2 fully saturated rings. The third-order valence-electron chi connectivity index (χ3n) is 7.50. The van der Waals surface area contributed by atoms with Crippen molar-refractivity contribution in [3.05, 3.63) is 95.1 Å². The number of hydrogen-bond acceptors (Lipinski definition) is 4. The molecule has 0 spiro atoms. The van der Waals surface area contributed by atoms with Crippen molar-refractivity contribution in [2.75, 3.05) is 5.75 Å². The smallest absolute Gasteiger partial charge is 0.331 e. The predicted molar refractivity (Wildman–Crippen MR) is 137 cm³/mol. The summed E-state index contributed by atoms with van der Waals surface area (Å²) in [4.78, 5) is 19.4. The lowest BCUT2D eigenvalue weighted by Gasteiger charge is -2.33. The molecule has 2 aliphatic rings. The van der Waals surface area contributed by atoms with Gasteiger partial charge in [-0.15, -0.1) is 0 Å². The fourth-order valence-corrected chi connectivity index (χ4v) is 6.07. The number of rotatable bonds is 9. The number of carbonyl (C=O) groups is 1. The van der Waals surface area contributed by atoms with E-state index < -0.39 is 27.7 Å². The molecular formula is C29H28F4N2O3S. The first kappa shape index (κ1) is 27.3. The standard InChI is InChI=1S/C29H28F4N2O3S/c1-2-39(37,38)23-5-3-4-21(14-23)27(20-7-8-20)35(17-18-6-13-26(34-16-18)29(31,32)33)28(36)25-15-24(25)19-9-11-22(30)12-10-19/h3-6,9-14,16,20,24-25,27H,2,7-8,15,17H2,1H3/t24-,25+,27+/m0/s1. The van der Waals surface area contributed by atoms with Crippen molar-refractivity contribution < 1.29 is 30.8 Å². The fourth-order valence-electron chi connectivity index (χ4n) is 5.13. The van der Waals surface area contributed by atoms with Gasteiger partial charge in [-0.1, -0.05) is 37.3 Å². The Morgan fingerprint density at radius 2 is 1.79 bits per heavy atom. The van der Waals surface area contributed by atoms with E-state index in [-0.39, 0.29) is 46.7 Å². The van der Waals surface area contributed by atoms with Crippen LogP contribution in [0.15, 0.2) is 71.8 Å². The second-order valence-electron chi connectivity index (χ2n) is 10.3. The minimum absolute atomic E-state index is 0.0303. The number of sulfone groups is 1. The van der Waals surface area contributed by atoms with Gasteiger partial charge in [0, 0.05) is 18.7 Å². The van der Waals surface area contributed by atoms with E-state index in [0.29, 0.717) is 17.5 Å². The van der Waals surface area contributed by atoms with Gasteiger partial charge in [0.05, 0.1) is 16.7 Å². The molecule has 1 amide bonds. The summed E-state index contributed by atoms with van der Waals surface area (Å²) >= 11 is 0. The van der Waals surface area contributed by atoms with Gasteiger partial charge in [-0.2, -0.15) is 13.2 Å². The Hall–Kier alpha value is -3.27. The molecule has 5 rings (SSSR count). The maximum Gasteiger partial charge on any atom is 0.433 e. The van der Waals surface area contributed by atoms with Gasteiger partial charge in [-0.05, 0) is 78.1 Å². The van der Waals surface area contributed by atoms with Crippen LogP contribution in [-0.4, -0.2) is 30.0 Å². The van der Waals surface area contributed by atoms with Crippen molar-refractivity contribution in [3.63, 3.8) is 0 Å². The topological polar surface area (TPSA) is 67.3 Å². The average Bonchev–Trinajstić information content (AvgIpc) is 3.84. The SMILES string of the molecule is CCS(=O)(=O)c1cccc([C@@H](C2CC2)N(Cc2ccc(C(F)(F)F)nc2)C(=O)[C@@H]2C[C@H]2c2ccc(F)cc2)c1. The molecule has 39 heavy (non-hydrogen) atoms. The van der Waals surface area contributed by atoms with Crippen LogP contribution in [-0.2, 0) is 27.4 Å². The number of halogens is 4. The molecule has 0 radical (unpaired) electrons. The van der Waals surface area contributed by atoms with Crippen LogP contribution in [0.3, 0.4) is 0 Å².